The summed E-state index contributed by atoms with van der Waals surface area (Å²) in [6.07, 6.45) is 2.11. The van der Waals surface area contributed by atoms with Crippen LogP contribution in [0.1, 0.15) is 30.6 Å². The lowest BCUT2D eigenvalue weighted by Crippen LogP contribution is -2.13. The van der Waals surface area contributed by atoms with E-state index in [2.05, 4.69) is 28.8 Å². The number of rotatable bonds is 5. The molecule has 2 unspecified atom stereocenters. The van der Waals surface area contributed by atoms with Gasteiger partial charge in [0.05, 0.1) is 16.5 Å². The molecule has 5 heteroatoms. The van der Waals surface area contributed by atoms with Crippen LogP contribution in [-0.2, 0) is 6.54 Å². The second-order valence-corrected chi connectivity index (χ2v) is 6.61. The molecule has 0 radical (unpaired) electrons. The van der Waals surface area contributed by atoms with E-state index in [1.54, 1.807) is 6.07 Å². The molecule has 1 aromatic heterocycles. The van der Waals surface area contributed by atoms with E-state index >= 15 is 0 Å². The number of hydrogen-bond donors (Lipinski definition) is 0. The summed E-state index contributed by atoms with van der Waals surface area (Å²) in [7, 11) is 0. The Kier molecular flexibility index (Phi) is 4.95. The van der Waals surface area contributed by atoms with Gasteiger partial charge in [0.2, 0.25) is 0 Å². The molecule has 0 aliphatic heterocycles. The van der Waals surface area contributed by atoms with Crippen LogP contribution in [0.4, 0.5) is 0 Å². The van der Waals surface area contributed by atoms with Crippen molar-refractivity contribution in [1.82, 2.24) is 9.55 Å². The smallest absolute Gasteiger partial charge is 0.127 e. The normalized spacial score (nSPS) is 14.2. The van der Waals surface area contributed by atoms with Crippen molar-refractivity contribution in [2.45, 2.75) is 25.8 Å². The van der Waals surface area contributed by atoms with Gasteiger partial charge in [0.1, 0.15) is 17.4 Å². The van der Waals surface area contributed by atoms with Crippen molar-refractivity contribution < 1.29 is 0 Å². The lowest BCUT2D eigenvalue weighted by atomic mass is 10.2. The van der Waals surface area contributed by atoms with Crippen molar-refractivity contribution in [2.75, 3.05) is 12.0 Å². The van der Waals surface area contributed by atoms with Crippen LogP contribution in [0.2, 0.25) is 0 Å². The molecule has 0 saturated carbocycles. The lowest BCUT2D eigenvalue weighted by Gasteiger charge is -2.15. The largest absolute Gasteiger partial charge is 0.326 e. The number of nitrogens with zero attached hydrogens (tertiary/aromatic N) is 3. The van der Waals surface area contributed by atoms with Gasteiger partial charge in [-0.2, -0.15) is 17.0 Å². The van der Waals surface area contributed by atoms with Crippen LogP contribution in [0.25, 0.3) is 11.0 Å². The number of thioether (sulfide) groups is 1. The fourth-order valence-corrected chi connectivity index (χ4v) is 3.24. The third kappa shape index (κ3) is 2.94. The van der Waals surface area contributed by atoms with E-state index in [9.17, 15) is 5.26 Å². The molecule has 1 heterocycles. The molecule has 106 valence electrons. The number of halogens is 1. The first-order valence-electron chi connectivity index (χ1n) is 6.60. The van der Waals surface area contributed by atoms with Crippen LogP contribution in [-0.4, -0.2) is 21.6 Å². The first-order chi connectivity index (χ1) is 9.58. The van der Waals surface area contributed by atoms with Crippen molar-refractivity contribution >= 4 is 34.4 Å². The Morgan fingerprint density at radius 2 is 2.20 bits per heavy atom. The Morgan fingerprint density at radius 3 is 2.80 bits per heavy atom. The van der Waals surface area contributed by atoms with Gasteiger partial charge in [-0.25, -0.2) is 4.98 Å². The van der Waals surface area contributed by atoms with Crippen LogP contribution in [0.5, 0.6) is 0 Å². The van der Waals surface area contributed by atoms with E-state index in [4.69, 9.17) is 11.6 Å². The minimum absolute atomic E-state index is 0.171. The summed E-state index contributed by atoms with van der Waals surface area (Å²) < 4.78 is 2.16. The number of aromatic nitrogens is 2. The van der Waals surface area contributed by atoms with Gasteiger partial charge < -0.3 is 4.57 Å². The highest BCUT2D eigenvalue weighted by Gasteiger charge is 2.18. The van der Waals surface area contributed by atoms with Crippen LogP contribution in [0.3, 0.4) is 0 Å². The highest BCUT2D eigenvalue weighted by atomic mass is 35.5. The van der Waals surface area contributed by atoms with E-state index in [1.807, 2.05) is 30.8 Å². The van der Waals surface area contributed by atoms with Crippen molar-refractivity contribution in [2.24, 2.45) is 5.92 Å². The van der Waals surface area contributed by atoms with E-state index in [1.165, 1.54) is 0 Å². The fourth-order valence-electron chi connectivity index (χ4n) is 2.40. The van der Waals surface area contributed by atoms with E-state index in [-0.39, 0.29) is 5.38 Å². The summed E-state index contributed by atoms with van der Waals surface area (Å²) in [5.74, 6) is 2.47. The zero-order chi connectivity index (χ0) is 14.7. The van der Waals surface area contributed by atoms with Crippen molar-refractivity contribution in [3.63, 3.8) is 0 Å². The predicted molar refractivity (Wildman–Crippen MR) is 86.3 cm³/mol. The highest BCUT2D eigenvalue weighted by Crippen LogP contribution is 2.27. The predicted octanol–water partition coefficient (Wildman–Crippen LogP) is 4.21. The number of nitriles is 1. The topological polar surface area (TPSA) is 41.6 Å². The lowest BCUT2D eigenvalue weighted by molar-refractivity contribution is 0.524. The number of hydrogen-bond acceptors (Lipinski definition) is 3. The highest BCUT2D eigenvalue weighted by molar-refractivity contribution is 7.98. The average Bonchev–Trinajstić information content (AvgIpc) is 2.78. The van der Waals surface area contributed by atoms with Gasteiger partial charge in [-0.05, 0) is 37.0 Å². The Bertz CT molecular complexity index is 642. The zero-order valence-corrected chi connectivity index (χ0v) is 13.5. The van der Waals surface area contributed by atoms with Gasteiger partial charge in [-0.3, -0.25) is 0 Å². The van der Waals surface area contributed by atoms with Crippen molar-refractivity contribution in [1.29, 1.82) is 5.26 Å². The number of fused-ring (bicyclic) bond motifs is 1. The van der Waals surface area contributed by atoms with Crippen LogP contribution >= 0.6 is 23.4 Å². The van der Waals surface area contributed by atoms with Crippen molar-refractivity contribution in [3.05, 3.63) is 29.6 Å². The summed E-state index contributed by atoms with van der Waals surface area (Å²) in [6.45, 7) is 5.02. The van der Waals surface area contributed by atoms with E-state index in [0.29, 0.717) is 11.5 Å². The Morgan fingerprint density at radius 1 is 1.45 bits per heavy atom. The Hall–Kier alpha value is -1.18. The third-order valence-corrected chi connectivity index (χ3v) is 4.33. The molecule has 2 rings (SSSR count). The maximum absolute atomic E-state index is 9.20. The summed E-state index contributed by atoms with van der Waals surface area (Å²) in [5.41, 5.74) is 2.37. The fraction of sp³-hybridized carbons (Fsp3) is 0.467. The molecule has 0 aliphatic rings. The van der Waals surface area contributed by atoms with Gasteiger partial charge in [0.15, 0.2) is 0 Å². The first-order valence-corrected chi connectivity index (χ1v) is 8.43. The quantitative estimate of drug-likeness (QED) is 0.777. The van der Waals surface area contributed by atoms with Gasteiger partial charge in [-0.15, -0.1) is 11.6 Å². The molecule has 3 nitrogen and oxygen atoms in total. The van der Waals surface area contributed by atoms with Crippen LogP contribution < -0.4 is 0 Å². The molecule has 0 saturated heterocycles. The molecular formula is C15H18ClN3S. The zero-order valence-electron chi connectivity index (χ0n) is 11.9. The monoisotopic (exact) mass is 307 g/mol. The molecule has 0 amide bonds. The van der Waals surface area contributed by atoms with Gasteiger partial charge >= 0.3 is 0 Å². The molecular weight excluding hydrogens is 290 g/mol. The summed E-state index contributed by atoms with van der Waals surface area (Å²) in [6, 6.07) is 7.92. The second-order valence-electron chi connectivity index (χ2n) is 5.04. The molecule has 0 N–H and O–H groups in total. The van der Waals surface area contributed by atoms with E-state index in [0.717, 1.165) is 29.2 Å². The van der Waals surface area contributed by atoms with E-state index < -0.39 is 0 Å². The van der Waals surface area contributed by atoms with Crippen LogP contribution in [0.15, 0.2) is 18.2 Å². The third-order valence-electron chi connectivity index (χ3n) is 3.23. The van der Waals surface area contributed by atoms with Crippen molar-refractivity contribution in [3.8, 4) is 6.07 Å². The van der Waals surface area contributed by atoms with Gasteiger partial charge in [0.25, 0.3) is 0 Å². The number of para-hydroxylation sites is 1. The average molecular weight is 308 g/mol. The Balaban J connectivity index is 2.55. The minimum Gasteiger partial charge on any atom is -0.326 e. The standard InChI is InChI=1S/C15H18ClN3S/c1-10(9-20-3)8-19-13-6-4-5-12(7-17)14(13)18-15(19)11(2)16/h4-6,10-11H,8-9H2,1-3H3. The molecule has 20 heavy (non-hydrogen) atoms. The van der Waals surface area contributed by atoms with Crippen LogP contribution in [0, 0.1) is 17.2 Å². The maximum Gasteiger partial charge on any atom is 0.127 e. The molecule has 1 aromatic carbocycles. The first kappa shape index (κ1) is 15.2. The summed E-state index contributed by atoms with van der Waals surface area (Å²) in [4.78, 5) is 4.60. The number of benzene rings is 1. The van der Waals surface area contributed by atoms with Gasteiger partial charge in [0, 0.05) is 6.54 Å². The second kappa shape index (κ2) is 6.51. The molecule has 0 spiro atoms. The number of alkyl halides is 1. The molecule has 2 atom stereocenters. The SMILES string of the molecule is CSCC(C)Cn1c(C(C)Cl)nc2c(C#N)cccc21. The van der Waals surface area contributed by atoms with Gasteiger partial charge in [-0.1, -0.05) is 13.0 Å². The molecule has 0 aliphatic carbocycles. The Labute approximate surface area is 128 Å². The minimum atomic E-state index is -0.171. The molecule has 2 aromatic rings. The summed E-state index contributed by atoms with van der Waals surface area (Å²) >= 11 is 8.10. The molecule has 0 bridgehead atoms. The maximum atomic E-state index is 9.20. The summed E-state index contributed by atoms with van der Waals surface area (Å²) in [5, 5.41) is 9.03. The molecule has 0 fully saturated rings. The number of imidazole rings is 1.